The van der Waals surface area contributed by atoms with E-state index in [9.17, 15) is 9.59 Å². The maximum absolute atomic E-state index is 12.2. The van der Waals surface area contributed by atoms with Crippen molar-refractivity contribution in [3.63, 3.8) is 0 Å². The molecule has 0 radical (unpaired) electrons. The van der Waals surface area contributed by atoms with Crippen LogP contribution in [0.25, 0.3) is 0 Å². The summed E-state index contributed by atoms with van der Waals surface area (Å²) in [5.74, 6) is -0.881. The molecule has 0 aliphatic heterocycles. The lowest BCUT2D eigenvalue weighted by atomic mass is 10.2. The number of urea groups is 1. The average Bonchev–Trinajstić information content (AvgIpc) is 3.19. The molecule has 7 nitrogen and oxygen atoms in total. The van der Waals surface area contributed by atoms with E-state index in [1.165, 1.54) is 0 Å². The molecule has 1 aliphatic carbocycles. The summed E-state index contributed by atoms with van der Waals surface area (Å²) >= 11 is 0. The van der Waals surface area contributed by atoms with E-state index in [0.717, 1.165) is 30.5 Å². The van der Waals surface area contributed by atoms with Crippen molar-refractivity contribution in [3.05, 3.63) is 17.5 Å². The molecule has 1 fully saturated rings. The first-order chi connectivity index (χ1) is 10.0. The zero-order valence-corrected chi connectivity index (χ0v) is 12.5. The molecule has 0 aromatic carbocycles. The van der Waals surface area contributed by atoms with Crippen molar-refractivity contribution in [1.29, 1.82) is 0 Å². The van der Waals surface area contributed by atoms with Gasteiger partial charge in [0.05, 0.1) is 12.1 Å². The van der Waals surface area contributed by atoms with E-state index in [1.54, 1.807) is 9.58 Å². The van der Waals surface area contributed by atoms with Crippen molar-refractivity contribution in [2.45, 2.75) is 45.2 Å². The van der Waals surface area contributed by atoms with E-state index in [2.05, 4.69) is 10.4 Å². The lowest BCUT2D eigenvalue weighted by molar-refractivity contribution is -0.137. The third kappa shape index (κ3) is 4.21. The summed E-state index contributed by atoms with van der Waals surface area (Å²) in [6.07, 6.45) is 4.62. The highest BCUT2D eigenvalue weighted by molar-refractivity contribution is 5.76. The Bertz CT molecular complexity index is 522. The van der Waals surface area contributed by atoms with Gasteiger partial charge in [0.25, 0.3) is 0 Å². The number of carbonyl (C=O) groups excluding carboxylic acids is 1. The summed E-state index contributed by atoms with van der Waals surface area (Å²) in [5.41, 5.74) is 1.98. The number of rotatable bonds is 7. The maximum atomic E-state index is 12.2. The number of hydrogen-bond donors (Lipinski definition) is 2. The fourth-order valence-electron chi connectivity index (χ4n) is 2.35. The van der Waals surface area contributed by atoms with E-state index in [4.69, 9.17) is 5.11 Å². The molecule has 0 spiro atoms. The molecule has 2 rings (SSSR count). The molecule has 7 heteroatoms. The van der Waals surface area contributed by atoms with Gasteiger partial charge in [-0.25, -0.2) is 4.79 Å². The Morgan fingerprint density at radius 2 is 2.24 bits per heavy atom. The van der Waals surface area contributed by atoms with Crippen molar-refractivity contribution in [3.8, 4) is 0 Å². The van der Waals surface area contributed by atoms with E-state index in [1.807, 2.05) is 20.2 Å². The van der Waals surface area contributed by atoms with Gasteiger partial charge < -0.3 is 15.3 Å². The van der Waals surface area contributed by atoms with Gasteiger partial charge in [0, 0.05) is 37.9 Å². The number of hydrogen-bond acceptors (Lipinski definition) is 3. The molecule has 0 unspecified atom stereocenters. The van der Waals surface area contributed by atoms with Crippen LogP contribution in [0.3, 0.4) is 0 Å². The maximum Gasteiger partial charge on any atom is 0.317 e. The van der Waals surface area contributed by atoms with Crippen LogP contribution in [-0.4, -0.2) is 44.4 Å². The average molecular weight is 294 g/mol. The van der Waals surface area contributed by atoms with Gasteiger partial charge in [-0.15, -0.1) is 0 Å². The Morgan fingerprint density at radius 3 is 2.81 bits per heavy atom. The molecule has 1 aliphatic rings. The highest BCUT2D eigenvalue weighted by Gasteiger charge is 2.32. The molecular weight excluding hydrogens is 272 g/mol. The number of aryl methyl sites for hydroxylation is 2. The summed E-state index contributed by atoms with van der Waals surface area (Å²) in [5, 5.41) is 16.0. The van der Waals surface area contributed by atoms with Crippen LogP contribution < -0.4 is 5.32 Å². The van der Waals surface area contributed by atoms with Crippen LogP contribution in [0.2, 0.25) is 0 Å². The summed E-state index contributed by atoms with van der Waals surface area (Å²) in [7, 11) is 1.86. The van der Waals surface area contributed by atoms with E-state index in [-0.39, 0.29) is 25.0 Å². The zero-order chi connectivity index (χ0) is 15.4. The predicted octanol–water partition coefficient (Wildman–Crippen LogP) is 1.13. The smallest absolute Gasteiger partial charge is 0.317 e. The highest BCUT2D eigenvalue weighted by atomic mass is 16.4. The first-order valence-electron chi connectivity index (χ1n) is 7.29. The second-order valence-corrected chi connectivity index (χ2v) is 5.36. The number of amides is 2. The molecule has 2 N–H and O–H groups in total. The predicted molar refractivity (Wildman–Crippen MR) is 76.8 cm³/mol. The molecule has 2 amide bonds. The minimum atomic E-state index is -0.881. The van der Waals surface area contributed by atoms with Crippen molar-refractivity contribution in [1.82, 2.24) is 20.0 Å². The van der Waals surface area contributed by atoms with Gasteiger partial charge in [-0.05, 0) is 19.3 Å². The van der Waals surface area contributed by atoms with Crippen LogP contribution in [0.1, 0.15) is 37.4 Å². The van der Waals surface area contributed by atoms with Gasteiger partial charge in [0.2, 0.25) is 0 Å². The second kappa shape index (κ2) is 6.60. The Kier molecular flexibility index (Phi) is 4.82. The van der Waals surface area contributed by atoms with Crippen molar-refractivity contribution < 1.29 is 14.7 Å². The second-order valence-electron chi connectivity index (χ2n) is 5.36. The summed E-state index contributed by atoms with van der Waals surface area (Å²) in [4.78, 5) is 24.5. The number of carboxylic acid groups (broad SMARTS) is 1. The fourth-order valence-corrected chi connectivity index (χ4v) is 2.35. The molecule has 0 bridgehead atoms. The molecule has 0 saturated heterocycles. The first-order valence-corrected chi connectivity index (χ1v) is 7.29. The summed E-state index contributed by atoms with van der Waals surface area (Å²) < 4.78 is 1.74. The van der Waals surface area contributed by atoms with Gasteiger partial charge in [0.1, 0.15) is 0 Å². The van der Waals surface area contributed by atoms with E-state index < -0.39 is 5.97 Å². The van der Waals surface area contributed by atoms with Crippen LogP contribution in [0.15, 0.2) is 6.20 Å². The third-order valence-corrected chi connectivity index (χ3v) is 3.57. The Balaban J connectivity index is 1.90. The molecule has 116 valence electrons. The van der Waals surface area contributed by atoms with E-state index >= 15 is 0 Å². The van der Waals surface area contributed by atoms with Crippen LogP contribution in [0.5, 0.6) is 0 Å². The van der Waals surface area contributed by atoms with E-state index in [0.29, 0.717) is 6.54 Å². The number of nitrogens with zero attached hydrogens (tertiary/aromatic N) is 3. The van der Waals surface area contributed by atoms with Crippen molar-refractivity contribution in [2.75, 3.05) is 6.54 Å². The van der Waals surface area contributed by atoms with Crippen LogP contribution >= 0.6 is 0 Å². The number of aliphatic carboxylic acids is 1. The molecule has 0 atom stereocenters. The largest absolute Gasteiger partial charge is 0.481 e. The molecule has 21 heavy (non-hydrogen) atoms. The van der Waals surface area contributed by atoms with Gasteiger partial charge in [0.15, 0.2) is 0 Å². The lowest BCUT2D eigenvalue weighted by Gasteiger charge is -2.22. The Hall–Kier alpha value is -2.05. The first kappa shape index (κ1) is 15.3. The summed E-state index contributed by atoms with van der Waals surface area (Å²) in [6.45, 7) is 2.71. The number of aromatic nitrogens is 2. The molecule has 1 heterocycles. The normalized spacial score (nSPS) is 14.0. The molecule has 1 aromatic rings. The SMILES string of the molecule is CCc1nn(C)cc1CNC(=O)N(CCC(=O)O)C1CC1. The minimum Gasteiger partial charge on any atom is -0.481 e. The number of carboxylic acids is 1. The van der Waals surface area contributed by atoms with Crippen molar-refractivity contribution >= 4 is 12.0 Å². The molecular formula is C14H22N4O3. The van der Waals surface area contributed by atoms with Gasteiger partial charge in [-0.2, -0.15) is 5.10 Å². The third-order valence-electron chi connectivity index (χ3n) is 3.57. The lowest BCUT2D eigenvalue weighted by Crippen LogP contribution is -2.42. The van der Waals surface area contributed by atoms with Crippen LogP contribution in [0.4, 0.5) is 4.79 Å². The van der Waals surface area contributed by atoms with Crippen molar-refractivity contribution in [2.24, 2.45) is 7.05 Å². The number of nitrogens with one attached hydrogen (secondary N) is 1. The van der Waals surface area contributed by atoms with Crippen LogP contribution in [0, 0.1) is 0 Å². The van der Waals surface area contributed by atoms with Gasteiger partial charge in [-0.3, -0.25) is 9.48 Å². The summed E-state index contributed by atoms with van der Waals surface area (Å²) in [6, 6.07) is 0.00792. The Labute approximate surface area is 123 Å². The van der Waals surface area contributed by atoms with Crippen LogP contribution in [-0.2, 0) is 24.8 Å². The van der Waals surface area contributed by atoms with Gasteiger partial charge >= 0.3 is 12.0 Å². The molecule has 1 saturated carbocycles. The monoisotopic (exact) mass is 294 g/mol. The zero-order valence-electron chi connectivity index (χ0n) is 12.5. The number of carbonyl (C=O) groups is 2. The standard InChI is InChI=1S/C14H22N4O3/c1-3-12-10(9-17(2)16-12)8-15-14(21)18(11-4-5-11)7-6-13(19)20/h9,11H,3-8H2,1-2H3,(H,15,21)(H,19,20). The Morgan fingerprint density at radius 1 is 1.52 bits per heavy atom. The minimum absolute atomic E-state index is 0.0168. The highest BCUT2D eigenvalue weighted by Crippen LogP contribution is 2.27. The topological polar surface area (TPSA) is 87.5 Å². The molecule has 1 aromatic heterocycles. The van der Waals surface area contributed by atoms with Gasteiger partial charge in [-0.1, -0.05) is 6.92 Å². The fraction of sp³-hybridized carbons (Fsp3) is 0.643. The quantitative estimate of drug-likeness (QED) is 0.789.